The van der Waals surface area contributed by atoms with Crippen LogP contribution in [0.5, 0.6) is 0 Å². The highest BCUT2D eigenvalue weighted by atomic mass is 16.5. The maximum Gasteiger partial charge on any atom is 0.231 e. The molecule has 4 heteroatoms. The van der Waals surface area contributed by atoms with Crippen LogP contribution >= 0.6 is 0 Å². The maximum absolute atomic E-state index is 12.8. The second-order valence-electron chi connectivity index (χ2n) is 9.39. The molecule has 0 spiro atoms. The second kappa shape index (κ2) is 5.34. The van der Waals surface area contributed by atoms with E-state index in [0.717, 1.165) is 19.3 Å². The summed E-state index contributed by atoms with van der Waals surface area (Å²) in [5, 5.41) is 0. The lowest BCUT2D eigenvalue weighted by molar-refractivity contribution is -0.125. The number of ether oxygens (including phenoxy) is 2. The van der Waals surface area contributed by atoms with Gasteiger partial charge in [0.25, 0.3) is 0 Å². The summed E-state index contributed by atoms with van der Waals surface area (Å²) in [4.78, 5) is 25.3. The first-order valence-electron chi connectivity index (χ1n) is 9.63. The zero-order chi connectivity index (χ0) is 18.9. The molecule has 0 radical (unpaired) electrons. The van der Waals surface area contributed by atoms with Crippen LogP contribution in [0.3, 0.4) is 0 Å². The van der Waals surface area contributed by atoms with Gasteiger partial charge in [0.2, 0.25) is 11.6 Å². The maximum atomic E-state index is 12.8. The van der Waals surface area contributed by atoms with E-state index in [1.54, 1.807) is 0 Å². The average Bonchev–Trinajstić information content (AvgIpc) is 2.56. The fourth-order valence-corrected chi connectivity index (χ4v) is 6.11. The summed E-state index contributed by atoms with van der Waals surface area (Å²) in [5.41, 5.74) is 1.31. The first-order chi connectivity index (χ1) is 12.1. The molecule has 1 heterocycles. The van der Waals surface area contributed by atoms with Crippen molar-refractivity contribution in [3.05, 3.63) is 34.8 Å². The predicted molar refractivity (Wildman–Crippen MR) is 98.2 cm³/mol. The SMILES string of the molecule is COC1=CC(=O)C2=C(C=C3[C@@](C)(CC[C@H]4C(C)(C)CCC[C@]34C)O2)C1=O. The number of hydrogen-bond donors (Lipinski definition) is 0. The molecule has 4 nitrogen and oxygen atoms in total. The Hall–Kier alpha value is -1.84. The molecule has 0 aromatic rings. The molecule has 2 saturated carbocycles. The molecule has 26 heavy (non-hydrogen) atoms. The van der Waals surface area contributed by atoms with Gasteiger partial charge in [-0.05, 0) is 61.0 Å². The van der Waals surface area contributed by atoms with Crippen molar-refractivity contribution in [1.82, 2.24) is 0 Å². The van der Waals surface area contributed by atoms with E-state index in [4.69, 9.17) is 9.47 Å². The number of hydrogen-bond acceptors (Lipinski definition) is 4. The van der Waals surface area contributed by atoms with E-state index >= 15 is 0 Å². The largest absolute Gasteiger partial charge is 0.492 e. The van der Waals surface area contributed by atoms with Gasteiger partial charge in [-0.25, -0.2) is 0 Å². The van der Waals surface area contributed by atoms with E-state index in [1.807, 2.05) is 6.08 Å². The van der Waals surface area contributed by atoms with Gasteiger partial charge in [0.15, 0.2) is 11.5 Å². The summed E-state index contributed by atoms with van der Waals surface area (Å²) in [6.45, 7) is 9.15. The van der Waals surface area contributed by atoms with Gasteiger partial charge in [0, 0.05) is 6.08 Å². The van der Waals surface area contributed by atoms with Crippen molar-refractivity contribution in [2.45, 2.75) is 65.4 Å². The molecule has 1 aliphatic heterocycles. The van der Waals surface area contributed by atoms with Gasteiger partial charge in [0.05, 0.1) is 12.7 Å². The van der Waals surface area contributed by atoms with Gasteiger partial charge >= 0.3 is 0 Å². The van der Waals surface area contributed by atoms with E-state index < -0.39 is 5.60 Å². The van der Waals surface area contributed by atoms with Crippen LogP contribution in [-0.2, 0) is 19.1 Å². The number of carbonyl (C=O) groups is 2. The molecule has 0 aromatic carbocycles. The summed E-state index contributed by atoms with van der Waals surface area (Å²) in [5.74, 6) is 0.320. The number of fused-ring (bicyclic) bond motifs is 3. The summed E-state index contributed by atoms with van der Waals surface area (Å²) >= 11 is 0. The molecular weight excluding hydrogens is 328 g/mol. The van der Waals surface area contributed by atoms with Crippen LogP contribution in [0.4, 0.5) is 0 Å². The molecule has 0 amide bonds. The highest BCUT2D eigenvalue weighted by Crippen LogP contribution is 2.63. The Kier molecular flexibility index (Phi) is 3.61. The van der Waals surface area contributed by atoms with Crippen LogP contribution in [0.1, 0.15) is 59.8 Å². The van der Waals surface area contributed by atoms with E-state index in [-0.39, 0.29) is 33.9 Å². The number of carbonyl (C=O) groups excluding carboxylic acids is 2. The zero-order valence-corrected chi connectivity index (χ0v) is 16.4. The quantitative estimate of drug-likeness (QED) is 0.659. The number of ketones is 2. The van der Waals surface area contributed by atoms with Crippen LogP contribution < -0.4 is 0 Å². The topological polar surface area (TPSA) is 52.6 Å². The van der Waals surface area contributed by atoms with Crippen molar-refractivity contribution in [3.63, 3.8) is 0 Å². The molecule has 0 unspecified atom stereocenters. The summed E-state index contributed by atoms with van der Waals surface area (Å²) in [7, 11) is 1.42. The first kappa shape index (κ1) is 17.6. The number of rotatable bonds is 1. The third-order valence-electron chi connectivity index (χ3n) is 7.36. The first-order valence-corrected chi connectivity index (χ1v) is 9.63. The molecule has 4 aliphatic rings. The van der Waals surface area contributed by atoms with Gasteiger partial charge < -0.3 is 9.47 Å². The number of allylic oxidation sites excluding steroid dienone is 3. The lowest BCUT2D eigenvalue weighted by Gasteiger charge is -2.60. The van der Waals surface area contributed by atoms with E-state index in [9.17, 15) is 9.59 Å². The lowest BCUT2D eigenvalue weighted by Crippen LogP contribution is -2.55. The third-order valence-corrected chi connectivity index (χ3v) is 7.36. The summed E-state index contributed by atoms with van der Waals surface area (Å²) in [6, 6.07) is 0. The fourth-order valence-electron chi connectivity index (χ4n) is 6.11. The Labute approximate surface area is 155 Å². The van der Waals surface area contributed by atoms with Crippen LogP contribution in [0.15, 0.2) is 34.8 Å². The van der Waals surface area contributed by atoms with E-state index in [2.05, 4.69) is 27.7 Å². The van der Waals surface area contributed by atoms with Crippen LogP contribution in [0.25, 0.3) is 0 Å². The van der Waals surface area contributed by atoms with Crippen molar-refractivity contribution >= 4 is 11.6 Å². The van der Waals surface area contributed by atoms with Gasteiger partial charge in [-0.3, -0.25) is 9.59 Å². The molecule has 2 fully saturated rings. The molecule has 140 valence electrons. The molecule has 3 atom stereocenters. The molecule has 0 bridgehead atoms. The minimum absolute atomic E-state index is 0.00892. The highest BCUT2D eigenvalue weighted by Gasteiger charge is 2.58. The van der Waals surface area contributed by atoms with Crippen molar-refractivity contribution in [2.75, 3.05) is 7.11 Å². The van der Waals surface area contributed by atoms with E-state index in [0.29, 0.717) is 11.5 Å². The third kappa shape index (κ3) is 2.20. The Morgan fingerprint density at radius 1 is 1.08 bits per heavy atom. The highest BCUT2D eigenvalue weighted by molar-refractivity contribution is 6.22. The molecule has 0 aromatic heterocycles. The smallest absolute Gasteiger partial charge is 0.231 e. The Morgan fingerprint density at radius 3 is 2.50 bits per heavy atom. The van der Waals surface area contributed by atoms with Gasteiger partial charge in [-0.15, -0.1) is 0 Å². The van der Waals surface area contributed by atoms with Gasteiger partial charge in [-0.2, -0.15) is 0 Å². The standard InChI is InChI=1S/C22H28O4/c1-20(2)8-6-9-21(3)16(20)7-10-22(4)17(21)11-13-18(24)15(25-5)12-14(23)19(13)26-22/h11-12,16H,6-10H2,1-5H3/t16-,21-,22+/m0/s1. The Morgan fingerprint density at radius 2 is 1.81 bits per heavy atom. The minimum Gasteiger partial charge on any atom is -0.492 e. The average molecular weight is 356 g/mol. The summed E-state index contributed by atoms with van der Waals surface area (Å²) in [6.07, 6.45) is 8.70. The van der Waals surface area contributed by atoms with Crippen LogP contribution in [0, 0.1) is 16.7 Å². The van der Waals surface area contributed by atoms with Crippen LogP contribution in [0.2, 0.25) is 0 Å². The Balaban J connectivity index is 1.85. The number of Topliss-reactive ketones (excluding diaryl/α,β-unsaturated/α-hetero) is 1. The number of methoxy groups -OCH3 is 1. The molecule has 4 rings (SSSR count). The van der Waals surface area contributed by atoms with Gasteiger partial charge in [0.1, 0.15) is 5.60 Å². The zero-order valence-electron chi connectivity index (χ0n) is 16.4. The lowest BCUT2D eigenvalue weighted by atomic mass is 9.47. The normalized spacial score (nSPS) is 38.4. The Bertz CT molecular complexity index is 797. The summed E-state index contributed by atoms with van der Waals surface area (Å²) < 4.78 is 11.4. The van der Waals surface area contributed by atoms with E-state index in [1.165, 1.54) is 31.6 Å². The van der Waals surface area contributed by atoms with Crippen molar-refractivity contribution in [3.8, 4) is 0 Å². The van der Waals surface area contributed by atoms with Gasteiger partial charge in [-0.1, -0.05) is 27.2 Å². The van der Waals surface area contributed by atoms with Crippen molar-refractivity contribution in [1.29, 1.82) is 0 Å². The molecule has 0 saturated heterocycles. The van der Waals surface area contributed by atoms with Crippen molar-refractivity contribution < 1.29 is 19.1 Å². The molecule has 3 aliphatic carbocycles. The molecule has 0 N–H and O–H groups in total. The minimum atomic E-state index is -0.508. The monoisotopic (exact) mass is 356 g/mol. The van der Waals surface area contributed by atoms with Crippen molar-refractivity contribution in [2.24, 2.45) is 16.7 Å². The van der Waals surface area contributed by atoms with Crippen LogP contribution in [-0.4, -0.2) is 24.3 Å². The predicted octanol–water partition coefficient (Wildman–Crippen LogP) is 4.26. The second-order valence-corrected chi connectivity index (χ2v) is 9.39. The fraction of sp³-hybridized carbons (Fsp3) is 0.636. The molecular formula is C22H28O4.